The number of piperazine rings is 1. The lowest BCUT2D eigenvalue weighted by Gasteiger charge is -2.34. The van der Waals surface area contributed by atoms with Gasteiger partial charge in [0.1, 0.15) is 5.76 Å². The van der Waals surface area contributed by atoms with Gasteiger partial charge in [0.15, 0.2) is 5.82 Å². The first kappa shape index (κ1) is 21.1. The number of amides is 3. The molecule has 1 aliphatic heterocycles. The van der Waals surface area contributed by atoms with Crippen molar-refractivity contribution in [1.82, 2.24) is 15.0 Å². The fourth-order valence-electron chi connectivity index (χ4n) is 2.39. The average molecular weight is 398 g/mol. The second-order valence-electron chi connectivity index (χ2n) is 6.70. The molecule has 1 aliphatic rings. The molecule has 1 fully saturated rings. The van der Waals surface area contributed by atoms with Gasteiger partial charge < -0.3 is 24.4 Å². The van der Waals surface area contributed by atoms with E-state index in [0.29, 0.717) is 50.3 Å². The lowest BCUT2D eigenvalue weighted by molar-refractivity contribution is -0.129. The number of thioether (sulfide) groups is 1. The van der Waals surface area contributed by atoms with Crippen molar-refractivity contribution in [3.05, 3.63) is 11.8 Å². The van der Waals surface area contributed by atoms with Crippen LogP contribution in [0.1, 0.15) is 19.6 Å². The molecule has 1 aromatic heterocycles. The Kier molecular flexibility index (Phi) is 7.96. The van der Waals surface area contributed by atoms with Gasteiger partial charge in [-0.1, -0.05) is 19.0 Å². The third-order valence-electron chi connectivity index (χ3n) is 3.78. The topological polar surface area (TPSA) is 105 Å². The van der Waals surface area contributed by atoms with Crippen molar-refractivity contribution in [3.63, 3.8) is 0 Å². The summed E-state index contributed by atoms with van der Waals surface area (Å²) in [5.41, 5.74) is 0. The van der Waals surface area contributed by atoms with Gasteiger partial charge in [-0.3, -0.25) is 9.59 Å². The Balaban J connectivity index is 1.63. The first-order chi connectivity index (χ1) is 12.8. The molecule has 0 atom stereocenters. The van der Waals surface area contributed by atoms with Crippen LogP contribution in [-0.2, 0) is 14.3 Å². The standard InChI is InChI=1S/C17H26N4O5S/c1-12(2)9-25-17(24)21-6-4-20(5-7-21)16(23)11-27-10-15(22)18-14-8-13(3)26-19-14/h8,12H,4-7,9-11H2,1-3H3,(H,18,19,22). The second-order valence-corrected chi connectivity index (χ2v) is 7.69. The molecular weight excluding hydrogens is 372 g/mol. The van der Waals surface area contributed by atoms with Crippen LogP contribution >= 0.6 is 11.8 Å². The number of aryl methyl sites for hydroxylation is 1. The molecule has 10 heteroatoms. The Morgan fingerprint density at radius 3 is 2.48 bits per heavy atom. The van der Waals surface area contributed by atoms with Crippen LogP contribution in [0.4, 0.5) is 10.6 Å². The van der Waals surface area contributed by atoms with Crippen molar-refractivity contribution in [2.45, 2.75) is 20.8 Å². The van der Waals surface area contributed by atoms with E-state index in [2.05, 4.69) is 10.5 Å². The van der Waals surface area contributed by atoms with E-state index in [0.717, 1.165) is 0 Å². The Hall–Kier alpha value is -2.23. The lowest BCUT2D eigenvalue weighted by atomic mass is 10.2. The summed E-state index contributed by atoms with van der Waals surface area (Å²) < 4.78 is 10.1. The highest BCUT2D eigenvalue weighted by atomic mass is 32.2. The van der Waals surface area contributed by atoms with Crippen molar-refractivity contribution in [3.8, 4) is 0 Å². The van der Waals surface area contributed by atoms with E-state index in [-0.39, 0.29) is 29.4 Å². The van der Waals surface area contributed by atoms with Gasteiger partial charge in [-0.25, -0.2) is 4.79 Å². The number of carbonyl (C=O) groups excluding carboxylic acids is 3. The van der Waals surface area contributed by atoms with E-state index >= 15 is 0 Å². The number of carbonyl (C=O) groups is 3. The van der Waals surface area contributed by atoms with Gasteiger partial charge in [-0.15, -0.1) is 11.8 Å². The van der Waals surface area contributed by atoms with Gasteiger partial charge in [0.05, 0.1) is 18.1 Å². The number of nitrogens with one attached hydrogen (secondary N) is 1. The molecule has 1 saturated heterocycles. The van der Waals surface area contributed by atoms with E-state index in [9.17, 15) is 14.4 Å². The molecule has 3 amide bonds. The maximum absolute atomic E-state index is 12.2. The number of nitrogens with zero attached hydrogens (tertiary/aromatic N) is 3. The highest BCUT2D eigenvalue weighted by Gasteiger charge is 2.25. The fraction of sp³-hybridized carbons (Fsp3) is 0.647. The van der Waals surface area contributed by atoms with Crippen LogP contribution in [0.25, 0.3) is 0 Å². The summed E-state index contributed by atoms with van der Waals surface area (Å²) in [7, 11) is 0. The van der Waals surface area contributed by atoms with E-state index in [1.807, 2.05) is 13.8 Å². The number of aromatic nitrogens is 1. The third-order valence-corrected chi connectivity index (χ3v) is 4.70. The Morgan fingerprint density at radius 2 is 1.89 bits per heavy atom. The maximum atomic E-state index is 12.2. The van der Waals surface area contributed by atoms with Gasteiger partial charge >= 0.3 is 6.09 Å². The largest absolute Gasteiger partial charge is 0.449 e. The number of hydrogen-bond donors (Lipinski definition) is 1. The molecule has 150 valence electrons. The molecule has 0 aliphatic carbocycles. The van der Waals surface area contributed by atoms with Crippen LogP contribution in [0.15, 0.2) is 10.6 Å². The Bertz CT molecular complexity index is 656. The predicted octanol–water partition coefficient (Wildman–Crippen LogP) is 1.59. The zero-order valence-corrected chi connectivity index (χ0v) is 16.7. The number of hydrogen-bond acceptors (Lipinski definition) is 7. The lowest BCUT2D eigenvalue weighted by Crippen LogP contribution is -2.51. The molecule has 0 aromatic carbocycles. The van der Waals surface area contributed by atoms with Gasteiger partial charge in [-0.2, -0.15) is 0 Å². The molecule has 0 saturated carbocycles. The molecule has 9 nitrogen and oxygen atoms in total. The quantitative estimate of drug-likeness (QED) is 0.743. The highest BCUT2D eigenvalue weighted by molar-refractivity contribution is 8.00. The van der Waals surface area contributed by atoms with Crippen LogP contribution < -0.4 is 5.32 Å². The van der Waals surface area contributed by atoms with E-state index in [4.69, 9.17) is 9.26 Å². The minimum absolute atomic E-state index is 0.0414. The smallest absolute Gasteiger partial charge is 0.409 e. The summed E-state index contributed by atoms with van der Waals surface area (Å²) in [4.78, 5) is 39.3. The van der Waals surface area contributed by atoms with Crippen LogP contribution in [0.2, 0.25) is 0 Å². The summed E-state index contributed by atoms with van der Waals surface area (Å²) in [6.07, 6.45) is -0.329. The Morgan fingerprint density at radius 1 is 1.22 bits per heavy atom. The minimum atomic E-state index is -0.329. The molecule has 2 heterocycles. The SMILES string of the molecule is Cc1cc(NC(=O)CSCC(=O)N2CCN(C(=O)OCC(C)C)CC2)no1. The van der Waals surface area contributed by atoms with E-state index in [1.54, 1.807) is 22.8 Å². The van der Waals surface area contributed by atoms with Gasteiger partial charge in [-0.05, 0) is 12.8 Å². The minimum Gasteiger partial charge on any atom is -0.449 e. The van der Waals surface area contributed by atoms with Crippen LogP contribution in [0, 0.1) is 12.8 Å². The molecule has 27 heavy (non-hydrogen) atoms. The highest BCUT2D eigenvalue weighted by Crippen LogP contribution is 2.11. The summed E-state index contributed by atoms with van der Waals surface area (Å²) in [5, 5.41) is 6.29. The van der Waals surface area contributed by atoms with Crippen LogP contribution in [0.5, 0.6) is 0 Å². The molecule has 0 bridgehead atoms. The van der Waals surface area contributed by atoms with E-state index < -0.39 is 0 Å². The first-order valence-electron chi connectivity index (χ1n) is 8.85. The zero-order chi connectivity index (χ0) is 19.8. The normalized spacial score (nSPS) is 14.4. The van der Waals surface area contributed by atoms with Gasteiger partial charge in [0.25, 0.3) is 0 Å². The van der Waals surface area contributed by atoms with Gasteiger partial charge in [0, 0.05) is 32.2 Å². The van der Waals surface area contributed by atoms with Crippen molar-refractivity contribution in [2.24, 2.45) is 5.92 Å². The predicted molar refractivity (Wildman–Crippen MR) is 102 cm³/mol. The van der Waals surface area contributed by atoms with E-state index in [1.165, 1.54) is 11.8 Å². The second kappa shape index (κ2) is 10.2. The maximum Gasteiger partial charge on any atom is 0.409 e. The van der Waals surface area contributed by atoms with Crippen molar-refractivity contribution < 1.29 is 23.6 Å². The first-order valence-corrected chi connectivity index (χ1v) is 10.0. The summed E-state index contributed by atoms with van der Waals surface area (Å²) in [6.45, 7) is 7.95. The number of ether oxygens (including phenoxy) is 1. The molecule has 2 rings (SSSR count). The van der Waals surface area contributed by atoms with Crippen LogP contribution in [0.3, 0.4) is 0 Å². The molecular formula is C17H26N4O5S. The van der Waals surface area contributed by atoms with Crippen molar-refractivity contribution >= 4 is 35.5 Å². The molecule has 0 unspecified atom stereocenters. The van der Waals surface area contributed by atoms with Gasteiger partial charge in [0.2, 0.25) is 11.8 Å². The zero-order valence-electron chi connectivity index (χ0n) is 15.9. The summed E-state index contributed by atoms with van der Waals surface area (Å²) in [5.74, 6) is 1.35. The number of rotatable bonds is 7. The van der Waals surface area contributed by atoms with Crippen molar-refractivity contribution in [1.29, 1.82) is 0 Å². The van der Waals surface area contributed by atoms with Crippen LogP contribution in [-0.4, -0.2) is 77.2 Å². The fourth-order valence-corrected chi connectivity index (χ4v) is 3.11. The molecule has 0 spiro atoms. The summed E-state index contributed by atoms with van der Waals surface area (Å²) >= 11 is 1.24. The van der Waals surface area contributed by atoms with Crippen molar-refractivity contribution in [2.75, 3.05) is 49.6 Å². The Labute approximate surface area is 162 Å². The molecule has 1 aromatic rings. The average Bonchev–Trinajstić information content (AvgIpc) is 3.04. The third kappa shape index (κ3) is 7.12. The molecule has 1 N–H and O–H groups in total. The monoisotopic (exact) mass is 398 g/mol. The summed E-state index contributed by atoms with van der Waals surface area (Å²) in [6, 6.07) is 1.62. The molecule has 0 radical (unpaired) electrons. The number of anilines is 1.